The lowest BCUT2D eigenvalue weighted by atomic mass is 9.73. The van der Waals surface area contributed by atoms with Gasteiger partial charge in [0.1, 0.15) is 22.9 Å². The van der Waals surface area contributed by atoms with Crippen LogP contribution in [0.2, 0.25) is 0 Å². The molecule has 0 bridgehead atoms. The first kappa shape index (κ1) is 29.7. The zero-order valence-corrected chi connectivity index (χ0v) is 22.8. The summed E-state index contributed by atoms with van der Waals surface area (Å²) in [7, 11) is -0.750. The van der Waals surface area contributed by atoms with E-state index >= 15 is 0 Å². The zero-order valence-electron chi connectivity index (χ0n) is 21.9. The predicted octanol–water partition coefficient (Wildman–Crippen LogP) is 3.40. The predicted molar refractivity (Wildman–Crippen MR) is 138 cm³/mol. The molecule has 2 atom stereocenters. The lowest BCUT2D eigenvalue weighted by molar-refractivity contribution is -0.0484. The summed E-state index contributed by atoms with van der Waals surface area (Å²) in [4.78, 5) is 39.3. The Morgan fingerprint density at radius 3 is 2.61 bits per heavy atom. The van der Waals surface area contributed by atoms with Gasteiger partial charge < -0.3 is 29.0 Å². The van der Waals surface area contributed by atoms with Crippen molar-refractivity contribution >= 4 is 18.8 Å². The Morgan fingerprint density at radius 1 is 1.26 bits per heavy atom. The monoisotopic (exact) mass is 554 g/mol. The maximum Gasteiger partial charge on any atom is 0.257 e. The molecule has 0 radical (unpaired) electrons. The summed E-state index contributed by atoms with van der Waals surface area (Å²) in [5.41, 5.74) is -2.86. The fourth-order valence-corrected chi connectivity index (χ4v) is 5.31. The fraction of sp³-hybridized carbons (Fsp3) is 0.500. The Bertz CT molecular complexity index is 1320. The first-order valence-corrected chi connectivity index (χ1v) is 14.9. The summed E-state index contributed by atoms with van der Waals surface area (Å²) in [6.45, 7) is 5.24. The maximum atomic E-state index is 13.9. The highest BCUT2D eigenvalue weighted by molar-refractivity contribution is 7.62. The molecule has 0 saturated heterocycles. The van der Waals surface area contributed by atoms with Crippen molar-refractivity contribution in [1.82, 2.24) is 9.88 Å². The highest BCUT2D eigenvalue weighted by atomic mass is 31.2. The van der Waals surface area contributed by atoms with E-state index in [1.54, 1.807) is 20.3 Å². The van der Waals surface area contributed by atoms with Crippen molar-refractivity contribution in [2.24, 2.45) is 5.41 Å². The summed E-state index contributed by atoms with van der Waals surface area (Å²) in [5.74, 6) is -3.93. The average molecular weight is 555 g/mol. The number of nitrogens with one attached hydrogen (secondary N) is 1. The Hall–Kier alpha value is -2.88. The average Bonchev–Trinajstić information content (AvgIpc) is 2.84. The second kappa shape index (κ2) is 11.9. The standard InChI is InChI=1S/C26H33F2N2O7P/c1-26(8-10-36-2)20(37-9-5-11-38(3,4)35)15-30-14-18(22(31)23(32)21(30)24(26)33)25(34)29-13-16-6-7-17(27)12-19(16)28/h6-7,12,14,20,32H,5,8-11,13,15H2,1-4H3,(H,29,34). The lowest BCUT2D eigenvalue weighted by Crippen LogP contribution is -2.51. The number of rotatable bonds is 11. The minimum absolute atomic E-state index is 0.00305. The van der Waals surface area contributed by atoms with E-state index in [-0.39, 0.29) is 44.0 Å². The van der Waals surface area contributed by atoms with Gasteiger partial charge >= 0.3 is 0 Å². The van der Waals surface area contributed by atoms with Gasteiger partial charge in [-0.2, -0.15) is 0 Å². The Morgan fingerprint density at radius 2 is 1.97 bits per heavy atom. The molecule has 0 aliphatic carbocycles. The van der Waals surface area contributed by atoms with Crippen LogP contribution in [-0.4, -0.2) is 67.3 Å². The lowest BCUT2D eigenvalue weighted by Gasteiger charge is -2.41. The van der Waals surface area contributed by atoms with Crippen LogP contribution in [0.1, 0.15) is 46.2 Å². The summed E-state index contributed by atoms with van der Waals surface area (Å²) < 4.78 is 51.7. The van der Waals surface area contributed by atoms with Crippen LogP contribution in [0, 0.1) is 17.0 Å². The topological polar surface area (TPSA) is 124 Å². The molecular weight excluding hydrogens is 521 g/mol. The number of ketones is 1. The molecule has 0 saturated carbocycles. The Balaban J connectivity index is 1.90. The maximum absolute atomic E-state index is 13.9. The van der Waals surface area contributed by atoms with Crippen molar-refractivity contribution in [2.75, 3.05) is 39.8 Å². The summed E-state index contributed by atoms with van der Waals surface area (Å²) >= 11 is 0. The van der Waals surface area contributed by atoms with E-state index in [1.807, 2.05) is 0 Å². The number of halogens is 2. The third-order valence-electron chi connectivity index (χ3n) is 6.75. The van der Waals surface area contributed by atoms with Crippen LogP contribution in [0.15, 0.2) is 29.2 Å². The van der Waals surface area contributed by atoms with E-state index < -0.39 is 58.7 Å². The summed E-state index contributed by atoms with van der Waals surface area (Å²) in [6.07, 6.45) is 1.74. The number of methoxy groups -OCH3 is 1. The van der Waals surface area contributed by atoms with Crippen LogP contribution in [0.3, 0.4) is 0 Å². The fourth-order valence-electron chi connectivity index (χ4n) is 4.42. The number of benzene rings is 1. The van der Waals surface area contributed by atoms with E-state index in [0.717, 1.165) is 6.07 Å². The van der Waals surface area contributed by atoms with Crippen molar-refractivity contribution < 1.29 is 37.5 Å². The zero-order chi connectivity index (χ0) is 28.3. The molecule has 2 aromatic rings. The molecule has 1 aliphatic rings. The van der Waals surface area contributed by atoms with Crippen molar-refractivity contribution in [3.8, 4) is 5.75 Å². The van der Waals surface area contributed by atoms with Gasteiger partial charge in [-0.25, -0.2) is 8.78 Å². The number of carbonyl (C=O) groups excluding carboxylic acids is 2. The first-order chi connectivity index (χ1) is 17.8. The summed E-state index contributed by atoms with van der Waals surface area (Å²) in [5, 5.41) is 13.1. The van der Waals surface area contributed by atoms with E-state index in [9.17, 15) is 32.8 Å². The first-order valence-electron chi connectivity index (χ1n) is 12.2. The molecule has 2 N–H and O–H groups in total. The summed E-state index contributed by atoms with van der Waals surface area (Å²) in [6, 6.07) is 2.88. The highest BCUT2D eigenvalue weighted by Crippen LogP contribution is 2.40. The molecule has 0 fully saturated rings. The van der Waals surface area contributed by atoms with Gasteiger partial charge in [-0.3, -0.25) is 14.4 Å². The minimum atomic E-state index is -2.24. The van der Waals surface area contributed by atoms with E-state index in [0.29, 0.717) is 18.6 Å². The third kappa shape index (κ3) is 6.57. The molecule has 1 amide bonds. The second-order valence-electron chi connectivity index (χ2n) is 10.1. The van der Waals surface area contributed by atoms with Crippen LogP contribution >= 0.6 is 7.14 Å². The minimum Gasteiger partial charge on any atom is -0.503 e. The van der Waals surface area contributed by atoms with Crippen molar-refractivity contribution in [3.63, 3.8) is 0 Å². The number of nitrogens with zero attached hydrogens (tertiary/aromatic N) is 1. The molecule has 12 heteroatoms. The van der Waals surface area contributed by atoms with E-state index in [1.165, 1.54) is 23.9 Å². The second-order valence-corrected chi connectivity index (χ2v) is 13.7. The highest BCUT2D eigenvalue weighted by Gasteiger charge is 2.48. The van der Waals surface area contributed by atoms with Crippen molar-refractivity contribution in [2.45, 2.75) is 39.0 Å². The number of hydrogen-bond donors (Lipinski definition) is 2. The van der Waals surface area contributed by atoms with Gasteiger partial charge in [-0.1, -0.05) is 6.07 Å². The van der Waals surface area contributed by atoms with E-state index in [4.69, 9.17) is 9.47 Å². The molecule has 9 nitrogen and oxygen atoms in total. The van der Waals surface area contributed by atoms with Crippen LogP contribution in [0.25, 0.3) is 0 Å². The Labute approximate surface area is 219 Å². The van der Waals surface area contributed by atoms with Gasteiger partial charge in [0.25, 0.3) is 5.91 Å². The third-order valence-corrected chi connectivity index (χ3v) is 8.14. The molecule has 1 aromatic carbocycles. The van der Waals surface area contributed by atoms with Crippen molar-refractivity contribution in [1.29, 1.82) is 0 Å². The van der Waals surface area contributed by atoms with E-state index in [2.05, 4.69) is 5.32 Å². The molecule has 38 heavy (non-hydrogen) atoms. The number of ether oxygens (including phenoxy) is 2. The molecule has 208 valence electrons. The number of Topliss-reactive ketones (excluding diaryl/α,β-unsaturated/α-hetero) is 1. The van der Waals surface area contributed by atoms with Gasteiger partial charge in [-0.05, 0) is 39.2 Å². The van der Waals surface area contributed by atoms with Crippen LogP contribution in [-0.2, 0) is 27.1 Å². The molecule has 3 rings (SSSR count). The van der Waals surface area contributed by atoms with Gasteiger partial charge in [0, 0.05) is 50.9 Å². The number of pyridine rings is 1. The smallest absolute Gasteiger partial charge is 0.257 e. The number of aromatic nitrogens is 1. The molecule has 2 heterocycles. The van der Waals surface area contributed by atoms with Gasteiger partial charge in [0.2, 0.25) is 5.43 Å². The molecular formula is C26H33F2N2O7P. The molecule has 1 aliphatic heterocycles. The number of amides is 1. The van der Waals surface area contributed by atoms with Crippen LogP contribution in [0.5, 0.6) is 5.75 Å². The molecule has 1 aromatic heterocycles. The Kier molecular flexibility index (Phi) is 9.28. The van der Waals surface area contributed by atoms with Gasteiger partial charge in [-0.15, -0.1) is 0 Å². The van der Waals surface area contributed by atoms with Crippen LogP contribution < -0.4 is 10.7 Å². The molecule has 2 unspecified atom stereocenters. The van der Waals surface area contributed by atoms with Gasteiger partial charge in [0.15, 0.2) is 11.5 Å². The quantitative estimate of drug-likeness (QED) is 0.322. The number of hydrogen-bond acceptors (Lipinski definition) is 7. The SMILES string of the molecule is COCCC1(C)C(=O)c2c(O)c(=O)c(C(=O)NCc3ccc(F)cc3F)cn2CC1OCCCP(C)(C)=O. The van der Waals surface area contributed by atoms with Crippen LogP contribution in [0.4, 0.5) is 8.78 Å². The number of aromatic hydroxyl groups is 1. The molecule has 0 spiro atoms. The van der Waals surface area contributed by atoms with Crippen molar-refractivity contribution in [3.05, 3.63) is 63.1 Å². The number of fused-ring (bicyclic) bond motifs is 1. The largest absolute Gasteiger partial charge is 0.503 e. The van der Waals surface area contributed by atoms with Gasteiger partial charge in [0.05, 0.1) is 25.2 Å². The number of carbonyl (C=O) groups is 2. The normalized spacial score (nSPS) is 19.3.